The predicted octanol–water partition coefficient (Wildman–Crippen LogP) is 2.38. The average molecular weight is 362 g/mol. The molecule has 0 aromatic heterocycles. The number of anilines is 1. The molecular formula is C19H26N2O5. The van der Waals surface area contributed by atoms with Crippen molar-refractivity contribution >= 4 is 23.5 Å². The number of methoxy groups -OCH3 is 1. The maximum absolute atomic E-state index is 12.5. The highest BCUT2D eigenvalue weighted by Gasteiger charge is 2.65. The van der Waals surface area contributed by atoms with Crippen LogP contribution in [0.1, 0.15) is 38.1 Å². The third kappa shape index (κ3) is 3.98. The van der Waals surface area contributed by atoms with Crippen LogP contribution in [0.4, 0.5) is 5.69 Å². The third-order valence-electron chi connectivity index (χ3n) is 4.77. The summed E-state index contributed by atoms with van der Waals surface area (Å²) in [5, 5.41) is 14.8. The number of carboxylic acid groups (broad SMARTS) is 1. The number of benzene rings is 1. The van der Waals surface area contributed by atoms with Gasteiger partial charge in [-0.15, -0.1) is 0 Å². The van der Waals surface area contributed by atoms with Gasteiger partial charge in [-0.25, -0.2) is 0 Å². The molecule has 2 atom stereocenters. The van der Waals surface area contributed by atoms with Gasteiger partial charge in [-0.1, -0.05) is 27.7 Å². The lowest BCUT2D eigenvalue weighted by atomic mass is 10.1. The highest BCUT2D eigenvalue weighted by molar-refractivity contribution is 6.02. The van der Waals surface area contributed by atoms with Gasteiger partial charge in [0.05, 0.1) is 24.6 Å². The fraction of sp³-hybridized carbons (Fsp3) is 0.526. The van der Waals surface area contributed by atoms with Crippen LogP contribution in [0.5, 0.6) is 5.75 Å². The van der Waals surface area contributed by atoms with E-state index in [4.69, 9.17) is 4.74 Å². The largest absolute Gasteiger partial charge is 0.495 e. The molecule has 1 aromatic rings. The lowest BCUT2D eigenvalue weighted by Crippen LogP contribution is -2.27. The summed E-state index contributed by atoms with van der Waals surface area (Å²) in [7, 11) is 1.46. The number of hydrogen-bond donors (Lipinski definition) is 3. The van der Waals surface area contributed by atoms with Crippen LogP contribution in [0.3, 0.4) is 0 Å². The van der Waals surface area contributed by atoms with Gasteiger partial charge in [-0.3, -0.25) is 14.4 Å². The van der Waals surface area contributed by atoms with Gasteiger partial charge in [0.1, 0.15) is 5.75 Å². The van der Waals surface area contributed by atoms with E-state index < -0.39 is 23.2 Å². The highest BCUT2D eigenvalue weighted by atomic mass is 16.5. The lowest BCUT2D eigenvalue weighted by Gasteiger charge is -2.13. The number of ether oxygens (including phenoxy) is 1. The van der Waals surface area contributed by atoms with Crippen LogP contribution in [0.2, 0.25) is 0 Å². The molecule has 1 aliphatic rings. The van der Waals surface area contributed by atoms with E-state index in [2.05, 4.69) is 10.6 Å². The Morgan fingerprint density at radius 3 is 2.38 bits per heavy atom. The first kappa shape index (κ1) is 19.8. The summed E-state index contributed by atoms with van der Waals surface area (Å²) in [5.41, 5.74) is 0.142. The minimum Gasteiger partial charge on any atom is -0.495 e. The molecule has 142 valence electrons. The van der Waals surface area contributed by atoms with Crippen molar-refractivity contribution in [2.45, 2.75) is 27.7 Å². The maximum Gasteiger partial charge on any atom is 0.307 e. The summed E-state index contributed by atoms with van der Waals surface area (Å²) in [6.07, 6.45) is 0. The van der Waals surface area contributed by atoms with Crippen LogP contribution in [0, 0.1) is 23.2 Å². The molecule has 2 rings (SSSR count). The van der Waals surface area contributed by atoms with Crippen molar-refractivity contribution in [3.63, 3.8) is 0 Å². The molecule has 1 aliphatic carbocycles. The van der Waals surface area contributed by atoms with Crippen LogP contribution >= 0.6 is 0 Å². The zero-order valence-electron chi connectivity index (χ0n) is 15.8. The molecule has 0 heterocycles. The van der Waals surface area contributed by atoms with E-state index in [1.54, 1.807) is 26.0 Å². The summed E-state index contributed by atoms with van der Waals surface area (Å²) in [5.74, 6) is -2.23. The van der Waals surface area contributed by atoms with Crippen LogP contribution < -0.4 is 15.4 Å². The summed E-state index contributed by atoms with van der Waals surface area (Å²) < 4.78 is 5.24. The van der Waals surface area contributed by atoms with E-state index in [0.29, 0.717) is 29.5 Å². The first-order valence-electron chi connectivity index (χ1n) is 8.59. The first-order valence-corrected chi connectivity index (χ1v) is 8.59. The van der Waals surface area contributed by atoms with Gasteiger partial charge in [-0.05, 0) is 29.5 Å². The van der Waals surface area contributed by atoms with Crippen molar-refractivity contribution in [1.82, 2.24) is 5.32 Å². The maximum atomic E-state index is 12.5. The molecule has 0 spiro atoms. The molecule has 26 heavy (non-hydrogen) atoms. The zero-order valence-corrected chi connectivity index (χ0v) is 15.8. The molecule has 0 bridgehead atoms. The molecule has 7 nitrogen and oxygen atoms in total. The summed E-state index contributed by atoms with van der Waals surface area (Å²) in [6.45, 7) is 8.04. The Labute approximate surface area is 153 Å². The highest BCUT2D eigenvalue weighted by Crippen LogP contribution is 2.58. The van der Waals surface area contributed by atoms with Crippen LogP contribution in [-0.2, 0) is 9.59 Å². The van der Waals surface area contributed by atoms with Crippen molar-refractivity contribution in [1.29, 1.82) is 0 Å². The molecule has 3 N–H and O–H groups in total. The van der Waals surface area contributed by atoms with Crippen LogP contribution in [-0.4, -0.2) is 36.5 Å². The number of carbonyl (C=O) groups excluding carboxylic acids is 2. The minimum atomic E-state index is -0.982. The van der Waals surface area contributed by atoms with E-state index in [9.17, 15) is 19.5 Å². The minimum absolute atomic E-state index is 0.244. The molecule has 0 radical (unpaired) electrons. The molecule has 0 aliphatic heterocycles. The molecule has 0 unspecified atom stereocenters. The molecule has 7 heteroatoms. The van der Waals surface area contributed by atoms with Crippen LogP contribution in [0.15, 0.2) is 18.2 Å². The van der Waals surface area contributed by atoms with E-state index >= 15 is 0 Å². The Morgan fingerprint density at radius 1 is 1.23 bits per heavy atom. The van der Waals surface area contributed by atoms with Crippen molar-refractivity contribution in [3.05, 3.63) is 23.8 Å². The first-order chi connectivity index (χ1) is 12.1. The summed E-state index contributed by atoms with van der Waals surface area (Å²) in [6, 6.07) is 4.76. The number of carbonyl (C=O) groups is 3. The van der Waals surface area contributed by atoms with Crippen molar-refractivity contribution < 1.29 is 24.2 Å². The Bertz CT molecular complexity index is 727. The van der Waals surface area contributed by atoms with Gasteiger partial charge in [0.15, 0.2) is 0 Å². The Kier molecular flexibility index (Phi) is 5.59. The van der Waals surface area contributed by atoms with Crippen molar-refractivity contribution in [2.75, 3.05) is 19.0 Å². The Balaban J connectivity index is 2.18. The quantitative estimate of drug-likeness (QED) is 0.691. The molecule has 1 aromatic carbocycles. The van der Waals surface area contributed by atoms with Gasteiger partial charge < -0.3 is 20.5 Å². The Morgan fingerprint density at radius 2 is 1.88 bits per heavy atom. The van der Waals surface area contributed by atoms with E-state index in [1.165, 1.54) is 13.2 Å². The zero-order chi connectivity index (χ0) is 19.6. The van der Waals surface area contributed by atoms with Gasteiger partial charge >= 0.3 is 5.97 Å². The lowest BCUT2D eigenvalue weighted by molar-refractivity contribution is -0.140. The number of nitrogens with one attached hydrogen (secondary N) is 2. The van der Waals surface area contributed by atoms with Gasteiger partial charge in [0.2, 0.25) is 5.91 Å². The molecular weight excluding hydrogens is 336 g/mol. The summed E-state index contributed by atoms with van der Waals surface area (Å²) in [4.78, 5) is 36.1. The number of carboxylic acids is 1. The molecule has 1 saturated carbocycles. The van der Waals surface area contributed by atoms with Crippen LogP contribution in [0.25, 0.3) is 0 Å². The van der Waals surface area contributed by atoms with E-state index in [1.807, 2.05) is 13.8 Å². The second kappa shape index (κ2) is 7.35. The molecule has 0 saturated heterocycles. The number of aliphatic carboxylic acids is 1. The predicted molar refractivity (Wildman–Crippen MR) is 97.2 cm³/mol. The number of hydrogen-bond acceptors (Lipinski definition) is 4. The van der Waals surface area contributed by atoms with Gasteiger partial charge in [0.25, 0.3) is 5.91 Å². The van der Waals surface area contributed by atoms with Crippen molar-refractivity contribution in [3.8, 4) is 5.75 Å². The monoisotopic (exact) mass is 362 g/mol. The SMILES string of the molecule is COc1ccc(C(=O)NCC(C)C)cc1NC(=O)[C@H]1[C@@H](C(=O)O)C1(C)C. The average Bonchev–Trinajstić information content (AvgIpc) is 3.15. The second-order valence-electron chi connectivity index (χ2n) is 7.62. The standard InChI is InChI=1S/C19H26N2O5/c1-10(2)9-20-16(22)11-6-7-13(26-5)12(8-11)21-17(23)14-15(18(24)25)19(14,3)4/h6-8,10,14-15H,9H2,1-5H3,(H,20,22)(H,21,23)(H,24,25)/t14-,15+/m1/s1. The third-order valence-corrected chi connectivity index (χ3v) is 4.77. The van der Waals surface area contributed by atoms with Crippen molar-refractivity contribution in [2.24, 2.45) is 23.2 Å². The Hall–Kier alpha value is -2.57. The normalized spacial score (nSPS) is 20.4. The number of rotatable bonds is 7. The summed E-state index contributed by atoms with van der Waals surface area (Å²) >= 11 is 0. The van der Waals surface area contributed by atoms with Gasteiger partial charge in [0, 0.05) is 12.1 Å². The molecule has 1 fully saturated rings. The topological polar surface area (TPSA) is 105 Å². The van der Waals surface area contributed by atoms with E-state index in [0.717, 1.165) is 0 Å². The van der Waals surface area contributed by atoms with E-state index in [-0.39, 0.29) is 11.8 Å². The smallest absolute Gasteiger partial charge is 0.307 e. The van der Waals surface area contributed by atoms with Gasteiger partial charge in [-0.2, -0.15) is 0 Å². The molecule has 2 amide bonds. The fourth-order valence-electron chi connectivity index (χ4n) is 3.14. The second-order valence-corrected chi connectivity index (χ2v) is 7.62. The number of amides is 2. The fourth-order valence-corrected chi connectivity index (χ4v) is 3.14.